The Kier molecular flexibility index (Phi) is 3.39. The highest BCUT2D eigenvalue weighted by atomic mass is 32.2. The summed E-state index contributed by atoms with van der Waals surface area (Å²) >= 11 is 0. The molecule has 4 heteroatoms. The number of anilines is 1. The first-order valence-corrected chi connectivity index (χ1v) is 8.26. The molecule has 0 amide bonds. The highest BCUT2D eigenvalue weighted by Gasteiger charge is 2.16. The van der Waals surface area contributed by atoms with Crippen LogP contribution in [0.5, 0.6) is 0 Å². The van der Waals surface area contributed by atoms with E-state index in [1.54, 1.807) is 24.3 Å². The molecule has 0 saturated heterocycles. The Labute approximate surface area is 124 Å². The number of nitrogens with two attached hydrogens (primary N) is 1. The van der Waals surface area contributed by atoms with Crippen molar-refractivity contribution in [1.82, 2.24) is 0 Å². The first-order valence-electron chi connectivity index (χ1n) is 6.61. The molecule has 0 spiro atoms. The van der Waals surface area contributed by atoms with Gasteiger partial charge in [-0.25, -0.2) is 8.42 Å². The minimum atomic E-state index is -3.38. The second-order valence-corrected chi connectivity index (χ2v) is 6.96. The minimum absolute atomic E-state index is 0.0156. The maximum absolute atomic E-state index is 12.5. The average molecular weight is 297 g/mol. The van der Waals surface area contributed by atoms with Gasteiger partial charge in [-0.1, -0.05) is 42.5 Å². The lowest BCUT2D eigenvalue weighted by atomic mass is 10.1. The van der Waals surface area contributed by atoms with Crippen molar-refractivity contribution in [1.29, 1.82) is 0 Å². The van der Waals surface area contributed by atoms with E-state index in [0.29, 0.717) is 10.6 Å². The highest BCUT2D eigenvalue weighted by molar-refractivity contribution is 7.90. The topological polar surface area (TPSA) is 60.2 Å². The van der Waals surface area contributed by atoms with E-state index in [0.717, 1.165) is 16.3 Å². The maximum Gasteiger partial charge on any atom is 0.182 e. The maximum atomic E-state index is 12.5. The molecule has 21 heavy (non-hydrogen) atoms. The van der Waals surface area contributed by atoms with Crippen molar-refractivity contribution in [3.05, 3.63) is 72.3 Å². The Hall–Kier alpha value is -2.33. The largest absolute Gasteiger partial charge is 0.399 e. The molecule has 0 aliphatic heterocycles. The van der Waals surface area contributed by atoms with Crippen LogP contribution in [0.1, 0.15) is 5.56 Å². The second-order valence-electron chi connectivity index (χ2n) is 4.97. The van der Waals surface area contributed by atoms with Crippen molar-refractivity contribution in [2.75, 3.05) is 5.73 Å². The van der Waals surface area contributed by atoms with Crippen LogP contribution in [0, 0.1) is 0 Å². The zero-order valence-corrected chi connectivity index (χ0v) is 12.2. The van der Waals surface area contributed by atoms with E-state index in [9.17, 15) is 8.42 Å². The van der Waals surface area contributed by atoms with Crippen molar-refractivity contribution >= 4 is 26.3 Å². The Balaban J connectivity index is 2.03. The molecule has 3 nitrogen and oxygen atoms in total. The van der Waals surface area contributed by atoms with Crippen molar-refractivity contribution < 1.29 is 8.42 Å². The predicted molar refractivity (Wildman–Crippen MR) is 85.7 cm³/mol. The van der Waals surface area contributed by atoms with Crippen LogP contribution in [0.25, 0.3) is 10.8 Å². The van der Waals surface area contributed by atoms with E-state index in [-0.39, 0.29) is 5.75 Å². The summed E-state index contributed by atoms with van der Waals surface area (Å²) in [7, 11) is -3.38. The van der Waals surface area contributed by atoms with Gasteiger partial charge in [0.25, 0.3) is 0 Å². The molecule has 2 N–H and O–H groups in total. The lowest BCUT2D eigenvalue weighted by Crippen LogP contribution is -2.05. The van der Waals surface area contributed by atoms with E-state index in [2.05, 4.69) is 0 Å². The molecule has 0 heterocycles. The summed E-state index contributed by atoms with van der Waals surface area (Å²) in [4.78, 5) is 0.296. The minimum Gasteiger partial charge on any atom is -0.399 e. The van der Waals surface area contributed by atoms with E-state index < -0.39 is 9.84 Å². The number of rotatable bonds is 3. The van der Waals surface area contributed by atoms with Gasteiger partial charge in [0.15, 0.2) is 9.84 Å². The highest BCUT2D eigenvalue weighted by Crippen LogP contribution is 2.23. The summed E-state index contributed by atoms with van der Waals surface area (Å²) in [5, 5.41) is 2.02. The molecule has 0 fully saturated rings. The van der Waals surface area contributed by atoms with Gasteiger partial charge < -0.3 is 5.73 Å². The van der Waals surface area contributed by atoms with E-state index in [1.807, 2.05) is 42.5 Å². The Morgan fingerprint density at radius 3 is 2.24 bits per heavy atom. The summed E-state index contributed by atoms with van der Waals surface area (Å²) < 4.78 is 25.0. The van der Waals surface area contributed by atoms with E-state index >= 15 is 0 Å². The molecule has 3 aromatic carbocycles. The zero-order chi connectivity index (χ0) is 14.9. The first-order chi connectivity index (χ1) is 10.1. The SMILES string of the molecule is Nc1ccc(S(=O)(=O)Cc2cccc3ccccc23)cc1. The van der Waals surface area contributed by atoms with Gasteiger partial charge in [-0.2, -0.15) is 0 Å². The summed E-state index contributed by atoms with van der Waals surface area (Å²) in [6, 6.07) is 19.8. The standard InChI is InChI=1S/C17H15NO2S/c18-15-8-10-16(11-9-15)21(19,20)12-14-6-3-5-13-4-1-2-7-17(13)14/h1-11H,12,18H2. The Morgan fingerprint density at radius 1 is 0.810 bits per heavy atom. The van der Waals surface area contributed by atoms with Crippen molar-refractivity contribution in [3.63, 3.8) is 0 Å². The molecule has 3 aromatic rings. The van der Waals surface area contributed by atoms with Crippen LogP contribution < -0.4 is 5.73 Å². The molecular formula is C17H15NO2S. The average Bonchev–Trinajstić information content (AvgIpc) is 2.48. The van der Waals surface area contributed by atoms with Gasteiger partial charge in [-0.15, -0.1) is 0 Å². The van der Waals surface area contributed by atoms with Crippen molar-refractivity contribution in [2.24, 2.45) is 0 Å². The number of benzene rings is 3. The molecular weight excluding hydrogens is 282 g/mol. The predicted octanol–water partition coefficient (Wildman–Crippen LogP) is 3.40. The molecule has 106 valence electrons. The van der Waals surface area contributed by atoms with Gasteiger partial charge >= 0.3 is 0 Å². The molecule has 0 aliphatic carbocycles. The van der Waals surface area contributed by atoms with Crippen molar-refractivity contribution in [2.45, 2.75) is 10.6 Å². The number of hydrogen-bond donors (Lipinski definition) is 1. The molecule has 0 radical (unpaired) electrons. The molecule has 0 unspecified atom stereocenters. The fraction of sp³-hybridized carbons (Fsp3) is 0.0588. The fourth-order valence-corrected chi connectivity index (χ4v) is 3.76. The molecule has 0 atom stereocenters. The van der Waals surface area contributed by atoms with Gasteiger partial charge in [-0.05, 0) is 40.6 Å². The normalized spacial score (nSPS) is 11.6. The fourth-order valence-electron chi connectivity index (χ4n) is 2.38. The zero-order valence-electron chi connectivity index (χ0n) is 11.4. The summed E-state index contributed by atoms with van der Waals surface area (Å²) in [6.07, 6.45) is 0. The van der Waals surface area contributed by atoms with Crippen LogP contribution >= 0.6 is 0 Å². The van der Waals surface area contributed by atoms with Crippen LogP contribution in [-0.2, 0) is 15.6 Å². The lowest BCUT2D eigenvalue weighted by Gasteiger charge is -2.08. The van der Waals surface area contributed by atoms with Crippen molar-refractivity contribution in [3.8, 4) is 0 Å². The van der Waals surface area contributed by atoms with E-state index in [1.165, 1.54) is 0 Å². The third kappa shape index (κ3) is 2.76. The summed E-state index contributed by atoms with van der Waals surface area (Å²) in [6.45, 7) is 0. The van der Waals surface area contributed by atoms with Crippen LogP contribution in [0.4, 0.5) is 5.69 Å². The van der Waals surface area contributed by atoms with Gasteiger partial charge in [0.05, 0.1) is 10.6 Å². The Bertz CT molecular complexity index is 879. The number of hydrogen-bond acceptors (Lipinski definition) is 3. The summed E-state index contributed by atoms with van der Waals surface area (Å²) in [5.74, 6) is -0.0156. The Morgan fingerprint density at radius 2 is 1.48 bits per heavy atom. The van der Waals surface area contributed by atoms with Gasteiger partial charge in [0, 0.05) is 5.69 Å². The molecule has 0 bridgehead atoms. The number of fused-ring (bicyclic) bond motifs is 1. The van der Waals surface area contributed by atoms with Gasteiger partial charge in [-0.3, -0.25) is 0 Å². The molecule has 0 aliphatic rings. The smallest absolute Gasteiger partial charge is 0.182 e. The first kappa shape index (κ1) is 13.6. The van der Waals surface area contributed by atoms with Crippen LogP contribution in [-0.4, -0.2) is 8.42 Å². The monoisotopic (exact) mass is 297 g/mol. The van der Waals surface area contributed by atoms with Crippen LogP contribution in [0.15, 0.2) is 71.6 Å². The quantitative estimate of drug-likeness (QED) is 0.754. The molecule has 0 aromatic heterocycles. The van der Waals surface area contributed by atoms with Crippen LogP contribution in [0.3, 0.4) is 0 Å². The lowest BCUT2D eigenvalue weighted by molar-refractivity contribution is 0.595. The van der Waals surface area contributed by atoms with Crippen LogP contribution in [0.2, 0.25) is 0 Å². The second kappa shape index (κ2) is 5.22. The van der Waals surface area contributed by atoms with Gasteiger partial charge in [0.1, 0.15) is 0 Å². The van der Waals surface area contributed by atoms with E-state index in [4.69, 9.17) is 5.73 Å². The molecule has 3 rings (SSSR count). The number of sulfone groups is 1. The summed E-state index contributed by atoms with van der Waals surface area (Å²) in [5.41, 5.74) is 6.97. The van der Waals surface area contributed by atoms with Gasteiger partial charge in [0.2, 0.25) is 0 Å². The third-order valence-electron chi connectivity index (χ3n) is 3.46. The number of nitrogen functional groups attached to an aromatic ring is 1. The molecule has 0 saturated carbocycles. The third-order valence-corrected chi connectivity index (χ3v) is 5.15.